The Morgan fingerprint density at radius 2 is 1.79 bits per heavy atom. The first-order valence-corrected chi connectivity index (χ1v) is 11.3. The third kappa shape index (κ3) is 3.29. The van der Waals surface area contributed by atoms with Gasteiger partial charge in [0.2, 0.25) is 5.91 Å². The number of aromatic amines is 1. The molecule has 1 aromatic carbocycles. The van der Waals surface area contributed by atoms with E-state index in [2.05, 4.69) is 10.3 Å². The molecule has 9 nitrogen and oxygen atoms in total. The Kier molecular flexibility index (Phi) is 5.46. The number of para-hydroxylation sites is 1. The lowest BCUT2D eigenvalue weighted by atomic mass is 9.86. The highest BCUT2D eigenvalue weighted by Crippen LogP contribution is 2.45. The number of amides is 4. The Labute approximate surface area is 192 Å². The number of rotatable bonds is 6. The Balaban J connectivity index is 1.74. The molecule has 4 amide bonds. The van der Waals surface area contributed by atoms with Crippen LogP contribution < -0.4 is 5.32 Å². The number of urea groups is 1. The molecular formula is C24H30N4O5. The van der Waals surface area contributed by atoms with Crippen molar-refractivity contribution in [1.82, 2.24) is 20.1 Å². The third-order valence-electron chi connectivity index (χ3n) is 6.91. The maximum atomic E-state index is 13.9. The predicted molar refractivity (Wildman–Crippen MR) is 121 cm³/mol. The van der Waals surface area contributed by atoms with Crippen LogP contribution in [0.3, 0.4) is 0 Å². The molecule has 3 atom stereocenters. The number of hydrogen-bond donors (Lipinski definition) is 3. The molecule has 2 aliphatic heterocycles. The molecule has 0 bridgehead atoms. The molecular weight excluding hydrogens is 424 g/mol. The van der Waals surface area contributed by atoms with Gasteiger partial charge in [-0.3, -0.25) is 9.59 Å². The Hall–Kier alpha value is -3.36. The van der Waals surface area contributed by atoms with Gasteiger partial charge in [-0.05, 0) is 36.8 Å². The smallest absolute Gasteiger partial charge is 0.328 e. The van der Waals surface area contributed by atoms with Crippen LogP contribution in [0.25, 0.3) is 10.9 Å². The number of aliphatic carboxylic acids is 1. The predicted octanol–water partition coefficient (Wildman–Crippen LogP) is 2.45. The molecule has 3 N–H and O–H groups in total. The van der Waals surface area contributed by atoms with Gasteiger partial charge in [-0.2, -0.15) is 0 Å². The van der Waals surface area contributed by atoms with Crippen molar-refractivity contribution in [3.8, 4) is 0 Å². The zero-order chi connectivity index (χ0) is 24.2. The molecule has 3 heterocycles. The highest BCUT2D eigenvalue weighted by Gasteiger charge is 2.61. The van der Waals surface area contributed by atoms with Gasteiger partial charge in [0.25, 0.3) is 5.91 Å². The molecule has 0 radical (unpaired) electrons. The second kappa shape index (κ2) is 7.90. The van der Waals surface area contributed by atoms with E-state index in [1.807, 2.05) is 24.3 Å². The van der Waals surface area contributed by atoms with Crippen molar-refractivity contribution in [2.45, 2.75) is 58.7 Å². The molecule has 0 unspecified atom stereocenters. The van der Waals surface area contributed by atoms with E-state index < -0.39 is 47.4 Å². The lowest BCUT2D eigenvalue weighted by Gasteiger charge is -2.36. The van der Waals surface area contributed by atoms with Gasteiger partial charge >= 0.3 is 12.0 Å². The van der Waals surface area contributed by atoms with Gasteiger partial charge < -0.3 is 20.3 Å². The van der Waals surface area contributed by atoms with Crippen LogP contribution in [0.5, 0.6) is 0 Å². The summed E-state index contributed by atoms with van der Waals surface area (Å²) in [5.74, 6) is -3.06. The van der Waals surface area contributed by atoms with E-state index in [1.54, 1.807) is 34.6 Å². The Bertz CT molecular complexity index is 1150. The summed E-state index contributed by atoms with van der Waals surface area (Å²) in [5.41, 5.74) is 1.30. The fraction of sp³-hybridized carbons (Fsp3) is 0.500. The molecule has 0 aliphatic carbocycles. The highest BCUT2D eigenvalue weighted by atomic mass is 16.4. The minimum absolute atomic E-state index is 0.350. The van der Waals surface area contributed by atoms with Gasteiger partial charge in [-0.15, -0.1) is 0 Å². The van der Waals surface area contributed by atoms with Gasteiger partial charge in [0.15, 0.2) is 5.54 Å². The first-order chi connectivity index (χ1) is 15.5. The fourth-order valence-electron chi connectivity index (χ4n) is 5.13. The summed E-state index contributed by atoms with van der Waals surface area (Å²) in [5, 5.41) is 13.1. The van der Waals surface area contributed by atoms with Crippen molar-refractivity contribution < 1.29 is 24.3 Å². The van der Waals surface area contributed by atoms with E-state index in [1.165, 1.54) is 4.90 Å². The van der Waals surface area contributed by atoms with E-state index in [4.69, 9.17) is 0 Å². The molecule has 176 valence electrons. The molecule has 9 heteroatoms. The van der Waals surface area contributed by atoms with Crippen LogP contribution >= 0.6 is 0 Å². The number of H-pyrrole nitrogens is 1. The van der Waals surface area contributed by atoms with Gasteiger partial charge in [0.05, 0.1) is 5.69 Å². The number of aromatic nitrogens is 1. The van der Waals surface area contributed by atoms with Crippen LogP contribution in [0.15, 0.2) is 24.3 Å². The zero-order valence-corrected chi connectivity index (χ0v) is 19.5. The normalized spacial score (nSPS) is 22.0. The van der Waals surface area contributed by atoms with Crippen LogP contribution in [-0.2, 0) is 26.3 Å². The van der Waals surface area contributed by atoms with Crippen molar-refractivity contribution in [3.63, 3.8) is 0 Å². The summed E-state index contributed by atoms with van der Waals surface area (Å²) in [6.45, 7) is 8.92. The first-order valence-electron chi connectivity index (χ1n) is 11.3. The van der Waals surface area contributed by atoms with E-state index in [0.717, 1.165) is 21.4 Å². The van der Waals surface area contributed by atoms with Crippen LogP contribution in [0, 0.1) is 11.8 Å². The molecule has 2 aromatic rings. The molecule has 4 rings (SSSR count). The van der Waals surface area contributed by atoms with Crippen molar-refractivity contribution in [2.75, 3.05) is 6.54 Å². The standard InChI is InChI=1S/C24H30N4O5/c1-12(2)17(21(30)31)26-20(29)18(13(3)4)28-22(32)24(5)19-15(10-11-27(24)23(28)33)14-8-6-7-9-16(14)25-19/h6-9,12-13,17-18,25H,10-11H2,1-5H3,(H,26,29)(H,30,31)/t17-,18-,24-/m0/s1. The topological polar surface area (TPSA) is 123 Å². The highest BCUT2D eigenvalue weighted by molar-refractivity contribution is 6.11. The maximum absolute atomic E-state index is 13.9. The summed E-state index contributed by atoms with van der Waals surface area (Å²) in [6.07, 6.45) is 0.592. The number of nitrogens with zero attached hydrogens (tertiary/aromatic N) is 2. The monoisotopic (exact) mass is 454 g/mol. The summed E-state index contributed by atoms with van der Waals surface area (Å²) in [6, 6.07) is 4.99. The number of hydrogen-bond acceptors (Lipinski definition) is 4. The van der Waals surface area contributed by atoms with Crippen molar-refractivity contribution >= 4 is 34.7 Å². The summed E-state index contributed by atoms with van der Waals surface area (Å²) in [7, 11) is 0. The number of imide groups is 1. The number of carbonyl (C=O) groups is 4. The number of benzene rings is 1. The molecule has 1 saturated heterocycles. The van der Waals surface area contributed by atoms with E-state index in [-0.39, 0.29) is 5.92 Å². The second-order valence-corrected chi connectivity index (χ2v) is 9.71. The van der Waals surface area contributed by atoms with E-state index in [9.17, 15) is 24.3 Å². The second-order valence-electron chi connectivity index (χ2n) is 9.71. The van der Waals surface area contributed by atoms with Crippen LogP contribution in [0.1, 0.15) is 45.9 Å². The summed E-state index contributed by atoms with van der Waals surface area (Å²) >= 11 is 0. The van der Waals surface area contributed by atoms with Crippen molar-refractivity contribution in [1.29, 1.82) is 0 Å². The SMILES string of the molecule is CC(C)[C@H](NC(=O)[C@H](C(C)C)N1C(=O)N2CCc3c([nH]c4ccccc34)[C@@]2(C)C1=O)C(=O)O. The quantitative estimate of drug-likeness (QED) is 0.579. The number of nitrogens with one attached hydrogen (secondary N) is 2. The van der Waals surface area contributed by atoms with Crippen LogP contribution in [0.2, 0.25) is 0 Å². The largest absolute Gasteiger partial charge is 0.480 e. The number of carbonyl (C=O) groups excluding carboxylic acids is 3. The van der Waals surface area contributed by atoms with Crippen molar-refractivity contribution in [3.05, 3.63) is 35.5 Å². The Morgan fingerprint density at radius 1 is 1.12 bits per heavy atom. The molecule has 1 fully saturated rings. The molecule has 0 saturated carbocycles. The van der Waals surface area contributed by atoms with Gasteiger partial charge in [0, 0.05) is 17.4 Å². The van der Waals surface area contributed by atoms with E-state index >= 15 is 0 Å². The van der Waals surface area contributed by atoms with Gasteiger partial charge in [-0.1, -0.05) is 45.9 Å². The summed E-state index contributed by atoms with van der Waals surface area (Å²) < 4.78 is 0. The number of carboxylic acids is 1. The lowest BCUT2D eigenvalue weighted by Crippen LogP contribution is -2.57. The van der Waals surface area contributed by atoms with Crippen LogP contribution in [-0.4, -0.2) is 62.3 Å². The molecule has 2 aliphatic rings. The summed E-state index contributed by atoms with van der Waals surface area (Å²) in [4.78, 5) is 58.1. The fourth-order valence-corrected chi connectivity index (χ4v) is 5.13. The third-order valence-corrected chi connectivity index (χ3v) is 6.91. The van der Waals surface area contributed by atoms with Crippen LogP contribution in [0.4, 0.5) is 4.79 Å². The Morgan fingerprint density at radius 3 is 2.39 bits per heavy atom. The first kappa shape index (κ1) is 22.8. The molecule has 1 aromatic heterocycles. The minimum atomic E-state index is -1.26. The minimum Gasteiger partial charge on any atom is -0.480 e. The number of carboxylic acid groups (broad SMARTS) is 1. The average Bonchev–Trinajstić information content (AvgIpc) is 3.21. The number of fused-ring (bicyclic) bond motifs is 5. The van der Waals surface area contributed by atoms with Gasteiger partial charge in [0.1, 0.15) is 12.1 Å². The maximum Gasteiger partial charge on any atom is 0.328 e. The van der Waals surface area contributed by atoms with E-state index in [0.29, 0.717) is 18.7 Å². The van der Waals surface area contributed by atoms with Gasteiger partial charge in [-0.25, -0.2) is 14.5 Å². The van der Waals surface area contributed by atoms with Crippen molar-refractivity contribution in [2.24, 2.45) is 11.8 Å². The molecule has 33 heavy (non-hydrogen) atoms. The molecule has 0 spiro atoms. The lowest BCUT2D eigenvalue weighted by molar-refractivity contribution is -0.145. The zero-order valence-electron chi connectivity index (χ0n) is 19.5. The average molecular weight is 455 g/mol.